The molecule has 3 N–H and O–H groups in total. The monoisotopic (exact) mass is 295 g/mol. The van der Waals surface area contributed by atoms with Crippen LogP contribution >= 0.6 is 0 Å². The van der Waals surface area contributed by atoms with Crippen molar-refractivity contribution in [3.8, 4) is 6.07 Å². The van der Waals surface area contributed by atoms with Gasteiger partial charge in [0.2, 0.25) is 0 Å². The number of aromatic nitrogens is 1. The third-order valence-electron chi connectivity index (χ3n) is 3.29. The second-order valence-electron chi connectivity index (χ2n) is 4.86. The van der Waals surface area contributed by atoms with Crippen LogP contribution in [0.25, 0.3) is 0 Å². The van der Waals surface area contributed by atoms with Gasteiger partial charge < -0.3 is 4.90 Å². The normalized spacial score (nSPS) is 19.6. The molecule has 1 aromatic heterocycles. The van der Waals surface area contributed by atoms with Gasteiger partial charge in [0, 0.05) is 25.8 Å². The minimum atomic E-state index is -3.63. The number of anilines is 1. The maximum Gasteiger partial charge on any atom is 0.274 e. The molecular weight excluding hydrogens is 278 g/mol. The van der Waals surface area contributed by atoms with Gasteiger partial charge in [-0.2, -0.15) is 13.7 Å². The fourth-order valence-electron chi connectivity index (χ4n) is 2.31. The van der Waals surface area contributed by atoms with Crippen molar-refractivity contribution in [3.63, 3.8) is 0 Å². The predicted molar refractivity (Wildman–Crippen MR) is 75.0 cm³/mol. The zero-order valence-electron chi connectivity index (χ0n) is 11.0. The first-order valence-corrected chi connectivity index (χ1v) is 7.91. The third-order valence-corrected chi connectivity index (χ3v) is 3.86. The summed E-state index contributed by atoms with van der Waals surface area (Å²) in [6.45, 7) is 1.94. The highest BCUT2D eigenvalue weighted by Crippen LogP contribution is 2.21. The standard InChI is InChI=1S/C12H17N5O2S/c13-6-10-3-4-12(15-7-10)17-5-1-2-11(9-17)8-16-20(14,18)19/h3-4,7,11,16H,1-2,5,8-9H2,(H2,14,18,19). The molecule has 0 amide bonds. The van der Waals surface area contributed by atoms with E-state index in [4.69, 9.17) is 10.4 Å². The zero-order valence-corrected chi connectivity index (χ0v) is 11.8. The lowest BCUT2D eigenvalue weighted by Crippen LogP contribution is -2.42. The first-order chi connectivity index (χ1) is 9.48. The number of pyridine rings is 1. The lowest BCUT2D eigenvalue weighted by Gasteiger charge is -2.33. The Kier molecular flexibility index (Phi) is 4.54. The molecule has 0 saturated carbocycles. The van der Waals surface area contributed by atoms with Crippen LogP contribution in [0, 0.1) is 17.2 Å². The van der Waals surface area contributed by atoms with Crippen LogP contribution in [-0.4, -0.2) is 33.0 Å². The number of rotatable bonds is 4. The number of nitrogens with two attached hydrogens (primary N) is 1. The van der Waals surface area contributed by atoms with Crippen molar-refractivity contribution < 1.29 is 8.42 Å². The summed E-state index contributed by atoms with van der Waals surface area (Å²) in [5.41, 5.74) is 0.526. The zero-order chi connectivity index (χ0) is 14.6. The Morgan fingerprint density at radius 2 is 2.35 bits per heavy atom. The fraction of sp³-hybridized carbons (Fsp3) is 0.500. The Labute approximate surface area is 118 Å². The van der Waals surface area contributed by atoms with E-state index >= 15 is 0 Å². The first kappa shape index (κ1) is 14.7. The maximum absolute atomic E-state index is 10.9. The van der Waals surface area contributed by atoms with Crippen LogP contribution in [0.4, 0.5) is 5.82 Å². The third kappa shape index (κ3) is 4.16. The van der Waals surface area contributed by atoms with Crippen molar-refractivity contribution in [2.75, 3.05) is 24.5 Å². The van der Waals surface area contributed by atoms with Gasteiger partial charge in [-0.3, -0.25) is 0 Å². The molecule has 0 bridgehead atoms. The van der Waals surface area contributed by atoms with Crippen molar-refractivity contribution in [1.29, 1.82) is 5.26 Å². The molecule has 7 nitrogen and oxygen atoms in total. The minimum absolute atomic E-state index is 0.208. The van der Waals surface area contributed by atoms with Crippen molar-refractivity contribution in [2.24, 2.45) is 11.1 Å². The average Bonchev–Trinajstić information content (AvgIpc) is 2.45. The van der Waals surface area contributed by atoms with Gasteiger partial charge in [-0.15, -0.1) is 0 Å². The van der Waals surface area contributed by atoms with E-state index in [1.807, 2.05) is 12.1 Å². The summed E-state index contributed by atoms with van der Waals surface area (Å²) in [5, 5.41) is 13.7. The van der Waals surface area contributed by atoms with E-state index in [0.717, 1.165) is 31.7 Å². The molecule has 108 valence electrons. The van der Waals surface area contributed by atoms with Crippen LogP contribution in [0.2, 0.25) is 0 Å². The summed E-state index contributed by atoms with van der Waals surface area (Å²) in [6, 6.07) is 5.58. The molecular formula is C12H17N5O2S. The van der Waals surface area contributed by atoms with E-state index in [0.29, 0.717) is 12.1 Å². The topological polar surface area (TPSA) is 112 Å². The van der Waals surface area contributed by atoms with E-state index in [2.05, 4.69) is 14.6 Å². The highest BCUT2D eigenvalue weighted by molar-refractivity contribution is 7.87. The van der Waals surface area contributed by atoms with Crippen LogP contribution in [0.3, 0.4) is 0 Å². The van der Waals surface area contributed by atoms with E-state index in [1.165, 1.54) is 0 Å². The molecule has 1 fully saturated rings. The summed E-state index contributed by atoms with van der Waals surface area (Å²) in [4.78, 5) is 6.35. The molecule has 0 spiro atoms. The Balaban J connectivity index is 1.97. The Hall–Kier alpha value is -1.69. The van der Waals surface area contributed by atoms with E-state index < -0.39 is 10.2 Å². The quantitative estimate of drug-likeness (QED) is 0.809. The molecule has 0 aromatic carbocycles. The van der Waals surface area contributed by atoms with Gasteiger partial charge in [-0.1, -0.05) is 0 Å². The molecule has 1 atom stereocenters. The molecule has 2 rings (SSSR count). The molecule has 2 heterocycles. The van der Waals surface area contributed by atoms with Gasteiger partial charge in [0.1, 0.15) is 11.9 Å². The Bertz CT molecular complexity index is 593. The van der Waals surface area contributed by atoms with Gasteiger partial charge >= 0.3 is 0 Å². The van der Waals surface area contributed by atoms with Gasteiger partial charge in [0.05, 0.1) is 5.56 Å². The van der Waals surface area contributed by atoms with Crippen molar-refractivity contribution in [1.82, 2.24) is 9.71 Å². The van der Waals surface area contributed by atoms with Crippen LogP contribution in [0.5, 0.6) is 0 Å². The number of nitrogens with one attached hydrogen (secondary N) is 1. The number of hydrogen-bond donors (Lipinski definition) is 2. The molecule has 0 radical (unpaired) electrons. The molecule has 20 heavy (non-hydrogen) atoms. The SMILES string of the molecule is N#Cc1ccc(N2CCCC(CNS(N)(=O)=O)C2)nc1. The number of hydrogen-bond acceptors (Lipinski definition) is 5. The van der Waals surface area contributed by atoms with Crippen molar-refractivity contribution >= 4 is 16.0 Å². The van der Waals surface area contributed by atoms with Gasteiger partial charge in [0.15, 0.2) is 0 Å². The van der Waals surface area contributed by atoms with E-state index in [1.54, 1.807) is 12.3 Å². The predicted octanol–water partition coefficient (Wildman–Crippen LogP) is -0.0372. The summed E-state index contributed by atoms with van der Waals surface area (Å²) < 4.78 is 24.2. The van der Waals surface area contributed by atoms with E-state index in [-0.39, 0.29) is 5.92 Å². The molecule has 1 unspecified atom stereocenters. The Morgan fingerprint density at radius 3 is 2.95 bits per heavy atom. The molecule has 1 aromatic rings. The lowest BCUT2D eigenvalue weighted by atomic mass is 9.98. The van der Waals surface area contributed by atoms with Crippen molar-refractivity contribution in [2.45, 2.75) is 12.8 Å². The molecule has 1 saturated heterocycles. The average molecular weight is 295 g/mol. The summed E-state index contributed by atoms with van der Waals surface area (Å²) in [7, 11) is -3.63. The lowest BCUT2D eigenvalue weighted by molar-refractivity contribution is 0.409. The van der Waals surface area contributed by atoms with Crippen LogP contribution < -0.4 is 14.8 Å². The molecule has 8 heteroatoms. The number of nitrogens with zero attached hydrogens (tertiary/aromatic N) is 3. The maximum atomic E-state index is 10.9. The number of piperidine rings is 1. The second-order valence-corrected chi connectivity index (χ2v) is 6.24. The highest BCUT2D eigenvalue weighted by Gasteiger charge is 2.21. The molecule has 1 aliphatic rings. The van der Waals surface area contributed by atoms with Crippen LogP contribution in [0.1, 0.15) is 18.4 Å². The summed E-state index contributed by atoms with van der Waals surface area (Å²) >= 11 is 0. The van der Waals surface area contributed by atoms with Crippen LogP contribution in [-0.2, 0) is 10.2 Å². The Morgan fingerprint density at radius 1 is 1.55 bits per heavy atom. The van der Waals surface area contributed by atoms with Crippen molar-refractivity contribution in [3.05, 3.63) is 23.9 Å². The summed E-state index contributed by atoms with van der Waals surface area (Å²) in [6.07, 6.45) is 3.47. The summed E-state index contributed by atoms with van der Waals surface area (Å²) in [5.74, 6) is 1.02. The smallest absolute Gasteiger partial charge is 0.274 e. The van der Waals surface area contributed by atoms with E-state index in [9.17, 15) is 8.42 Å². The molecule has 1 aliphatic heterocycles. The highest BCUT2D eigenvalue weighted by atomic mass is 32.2. The largest absolute Gasteiger partial charge is 0.356 e. The first-order valence-electron chi connectivity index (χ1n) is 6.36. The second kappa shape index (κ2) is 6.17. The minimum Gasteiger partial charge on any atom is -0.356 e. The van der Waals surface area contributed by atoms with Gasteiger partial charge in [0.25, 0.3) is 10.2 Å². The fourth-order valence-corrected chi connectivity index (χ4v) is 2.78. The van der Waals surface area contributed by atoms with Crippen LogP contribution in [0.15, 0.2) is 18.3 Å². The number of nitriles is 1. The van der Waals surface area contributed by atoms with Gasteiger partial charge in [-0.25, -0.2) is 14.8 Å². The molecule has 0 aliphatic carbocycles. The van der Waals surface area contributed by atoms with Gasteiger partial charge in [-0.05, 0) is 30.9 Å².